The molecule has 5 rings (SSSR count). The van der Waals surface area contributed by atoms with Crippen LogP contribution in [-0.2, 0) is 13.2 Å². The molecule has 0 saturated carbocycles. The fourth-order valence-electron chi connectivity index (χ4n) is 4.33. The lowest BCUT2D eigenvalue weighted by Gasteiger charge is -2.34. The van der Waals surface area contributed by atoms with Gasteiger partial charge in [0.2, 0.25) is 5.88 Å². The number of hydrogen-bond donors (Lipinski definition) is 0. The van der Waals surface area contributed by atoms with Crippen LogP contribution in [0.2, 0.25) is 0 Å². The van der Waals surface area contributed by atoms with Crippen molar-refractivity contribution < 1.29 is 14.2 Å². The Balaban J connectivity index is 1.23. The molecule has 4 heterocycles. The van der Waals surface area contributed by atoms with Gasteiger partial charge in [0.1, 0.15) is 12.1 Å². The molecule has 0 radical (unpaired) electrons. The maximum absolute atomic E-state index is 5.98. The summed E-state index contributed by atoms with van der Waals surface area (Å²) >= 11 is 0. The first-order chi connectivity index (χ1) is 18.0. The zero-order valence-electron chi connectivity index (χ0n) is 21.6. The van der Waals surface area contributed by atoms with Crippen molar-refractivity contribution in [1.82, 2.24) is 24.4 Å². The zero-order chi connectivity index (χ0) is 25.8. The van der Waals surface area contributed by atoms with Crippen LogP contribution < -0.4 is 19.1 Å². The first-order valence-electron chi connectivity index (χ1n) is 12.2. The Morgan fingerprint density at radius 3 is 2.51 bits per heavy atom. The molecular weight excluding hydrogens is 468 g/mol. The van der Waals surface area contributed by atoms with Crippen molar-refractivity contribution in [2.24, 2.45) is 0 Å². The minimum Gasteiger partial charge on any atom is -0.493 e. The fraction of sp³-hybridized carbons (Fsp3) is 0.321. The first-order valence-corrected chi connectivity index (χ1v) is 12.2. The van der Waals surface area contributed by atoms with Crippen molar-refractivity contribution in [2.45, 2.75) is 13.2 Å². The molecule has 9 heteroatoms. The molecule has 0 spiro atoms. The number of imidazole rings is 1. The van der Waals surface area contributed by atoms with Gasteiger partial charge in [0.05, 0.1) is 39.0 Å². The molecule has 0 unspecified atom stereocenters. The third kappa shape index (κ3) is 5.67. The Morgan fingerprint density at radius 1 is 0.946 bits per heavy atom. The van der Waals surface area contributed by atoms with Gasteiger partial charge in [-0.3, -0.25) is 4.90 Å². The highest BCUT2D eigenvalue weighted by atomic mass is 16.5. The summed E-state index contributed by atoms with van der Waals surface area (Å²) < 4.78 is 18.7. The van der Waals surface area contributed by atoms with Crippen LogP contribution in [-0.4, -0.2) is 71.9 Å². The Kier molecular flexibility index (Phi) is 7.23. The molecule has 1 aliphatic rings. The lowest BCUT2D eigenvalue weighted by Crippen LogP contribution is -2.43. The summed E-state index contributed by atoms with van der Waals surface area (Å²) in [5.41, 5.74) is 6.10. The topological polar surface area (TPSA) is 77.8 Å². The molecule has 1 aliphatic heterocycles. The molecule has 192 valence electrons. The summed E-state index contributed by atoms with van der Waals surface area (Å²) in [5, 5.41) is 0. The van der Waals surface area contributed by atoms with Crippen LogP contribution in [0.3, 0.4) is 0 Å². The maximum Gasteiger partial charge on any atom is 0.212 e. The van der Waals surface area contributed by atoms with Gasteiger partial charge < -0.3 is 23.7 Å². The van der Waals surface area contributed by atoms with Crippen LogP contribution in [0, 0.1) is 0 Å². The van der Waals surface area contributed by atoms with Gasteiger partial charge in [-0.15, -0.1) is 0 Å². The summed E-state index contributed by atoms with van der Waals surface area (Å²) in [6.07, 6.45) is 5.49. The average Bonchev–Trinajstić information content (AvgIpc) is 3.31. The van der Waals surface area contributed by atoms with E-state index in [1.165, 1.54) is 5.57 Å². The number of nitrogens with zero attached hydrogens (tertiary/aromatic N) is 6. The van der Waals surface area contributed by atoms with Crippen molar-refractivity contribution in [1.29, 1.82) is 0 Å². The quantitative estimate of drug-likeness (QED) is 0.288. The Hall–Kier alpha value is -4.11. The molecule has 3 aromatic heterocycles. The number of hydrogen-bond acceptors (Lipinski definition) is 8. The maximum atomic E-state index is 5.98. The minimum absolute atomic E-state index is 0.382. The van der Waals surface area contributed by atoms with Gasteiger partial charge >= 0.3 is 0 Å². The van der Waals surface area contributed by atoms with Gasteiger partial charge in [0, 0.05) is 51.1 Å². The van der Waals surface area contributed by atoms with Crippen LogP contribution in [0.15, 0.2) is 67.3 Å². The Morgan fingerprint density at radius 2 is 1.78 bits per heavy atom. The van der Waals surface area contributed by atoms with Crippen LogP contribution in [0.5, 0.6) is 17.4 Å². The zero-order valence-corrected chi connectivity index (χ0v) is 21.6. The number of anilines is 1. The first kappa shape index (κ1) is 24.6. The predicted molar refractivity (Wildman–Crippen MR) is 144 cm³/mol. The van der Waals surface area contributed by atoms with Crippen molar-refractivity contribution in [3.05, 3.63) is 78.4 Å². The second kappa shape index (κ2) is 10.9. The second-order valence-corrected chi connectivity index (χ2v) is 9.27. The van der Waals surface area contributed by atoms with E-state index >= 15 is 0 Å². The summed E-state index contributed by atoms with van der Waals surface area (Å²) in [4.78, 5) is 18.2. The summed E-state index contributed by atoms with van der Waals surface area (Å²) in [6.45, 7) is 8.97. The van der Waals surface area contributed by atoms with E-state index in [1.54, 1.807) is 20.4 Å². The monoisotopic (exact) mass is 500 g/mol. The summed E-state index contributed by atoms with van der Waals surface area (Å²) in [7, 11) is 5.33. The highest BCUT2D eigenvalue weighted by molar-refractivity contribution is 5.75. The van der Waals surface area contributed by atoms with E-state index in [9.17, 15) is 0 Å². The minimum atomic E-state index is 0.382. The number of methoxy groups -OCH3 is 2. The van der Waals surface area contributed by atoms with Gasteiger partial charge in [-0.1, -0.05) is 12.6 Å². The number of rotatable bonds is 11. The normalized spacial score (nSPS) is 13.4. The van der Waals surface area contributed by atoms with Crippen molar-refractivity contribution in [2.75, 3.05) is 52.3 Å². The average molecular weight is 501 g/mol. The third-order valence-corrected chi connectivity index (χ3v) is 6.51. The molecule has 0 bridgehead atoms. The largest absolute Gasteiger partial charge is 0.493 e. The van der Waals surface area contributed by atoms with Crippen LogP contribution in [0.4, 0.5) is 5.69 Å². The molecule has 37 heavy (non-hydrogen) atoms. The third-order valence-electron chi connectivity index (χ3n) is 6.51. The fourth-order valence-corrected chi connectivity index (χ4v) is 4.33. The smallest absolute Gasteiger partial charge is 0.212 e. The molecular formula is C28H32N6O3. The summed E-state index contributed by atoms with van der Waals surface area (Å²) in [5.74, 6) is 1.92. The molecule has 1 saturated heterocycles. The molecule has 1 fully saturated rings. The lowest BCUT2D eigenvalue weighted by molar-refractivity contribution is 0.257. The highest BCUT2D eigenvalue weighted by Crippen LogP contribution is 2.30. The Labute approximate surface area is 216 Å². The van der Waals surface area contributed by atoms with E-state index in [0.717, 1.165) is 54.2 Å². The molecule has 0 amide bonds. The van der Waals surface area contributed by atoms with E-state index in [1.807, 2.05) is 47.4 Å². The molecule has 4 aromatic rings. The predicted octanol–water partition coefficient (Wildman–Crippen LogP) is 3.78. The number of pyridine rings is 2. The molecule has 0 atom stereocenters. The molecule has 1 aromatic carbocycles. The van der Waals surface area contributed by atoms with Gasteiger partial charge in [-0.2, -0.15) is 0 Å². The van der Waals surface area contributed by atoms with E-state index in [0.29, 0.717) is 30.5 Å². The van der Waals surface area contributed by atoms with E-state index in [4.69, 9.17) is 19.2 Å². The van der Waals surface area contributed by atoms with Crippen LogP contribution >= 0.6 is 0 Å². The van der Waals surface area contributed by atoms with Gasteiger partial charge in [-0.25, -0.2) is 15.0 Å². The van der Waals surface area contributed by atoms with Gasteiger partial charge in [-0.05, 0) is 35.4 Å². The Bertz CT molecular complexity index is 1380. The van der Waals surface area contributed by atoms with Gasteiger partial charge in [0.15, 0.2) is 17.1 Å². The number of aromatic nitrogens is 4. The van der Waals surface area contributed by atoms with E-state index < -0.39 is 0 Å². The molecule has 9 nitrogen and oxygen atoms in total. The van der Waals surface area contributed by atoms with Crippen LogP contribution in [0.25, 0.3) is 11.2 Å². The van der Waals surface area contributed by atoms with E-state index in [-0.39, 0.29) is 0 Å². The number of fused-ring (bicyclic) bond motifs is 1. The number of ether oxygens (including phenoxy) is 3. The highest BCUT2D eigenvalue weighted by Gasteiger charge is 2.18. The standard InChI is InChI=1S/C28H32N6O3/c1-20-15-33(16-20)10-9-32(2)23-12-24-28(30-14-23)34(19-31-24)17-21-5-7-25(26(11-21)35-3)37-18-22-6-8-27(36-4)29-13-22/h5-8,11-14,19H,1,9-10,15-18H2,2-4H3. The summed E-state index contributed by atoms with van der Waals surface area (Å²) in [6, 6.07) is 11.8. The molecule has 0 aliphatic carbocycles. The SMILES string of the molecule is C=C1CN(CCN(C)c2cnc3c(c2)ncn3Cc2ccc(OCc3ccc(OC)nc3)c(OC)c2)C1. The van der Waals surface area contributed by atoms with Crippen molar-refractivity contribution in [3.8, 4) is 17.4 Å². The second-order valence-electron chi connectivity index (χ2n) is 9.27. The van der Waals surface area contributed by atoms with E-state index in [2.05, 4.69) is 39.5 Å². The van der Waals surface area contributed by atoms with Crippen molar-refractivity contribution in [3.63, 3.8) is 0 Å². The molecule has 0 N–H and O–H groups in total. The van der Waals surface area contributed by atoms with Gasteiger partial charge in [0.25, 0.3) is 0 Å². The van der Waals surface area contributed by atoms with Crippen molar-refractivity contribution >= 4 is 16.9 Å². The number of benzene rings is 1. The number of likely N-dealkylation sites (N-methyl/N-ethyl adjacent to an activating group) is 1. The number of likely N-dealkylation sites (tertiary alicyclic amines) is 1. The van der Waals surface area contributed by atoms with Crippen LogP contribution in [0.1, 0.15) is 11.1 Å². The lowest BCUT2D eigenvalue weighted by atomic mass is 10.1.